The zero-order valence-electron chi connectivity index (χ0n) is 7.57. The van der Waals surface area contributed by atoms with E-state index in [0.29, 0.717) is 12.1 Å². The Labute approximate surface area is 83.9 Å². The van der Waals surface area contributed by atoms with Gasteiger partial charge in [-0.3, -0.25) is 10.1 Å². The van der Waals surface area contributed by atoms with E-state index in [1.807, 2.05) is 0 Å². The van der Waals surface area contributed by atoms with E-state index in [4.69, 9.17) is 4.74 Å². The third-order valence-corrected chi connectivity index (χ3v) is 1.55. The second-order valence-electron chi connectivity index (χ2n) is 2.59. The van der Waals surface area contributed by atoms with Gasteiger partial charge < -0.3 is 4.74 Å². The molecular weight excluding hydrogens is 208 g/mol. The summed E-state index contributed by atoms with van der Waals surface area (Å²) < 4.78 is 30.8. The fourth-order valence-corrected chi connectivity index (χ4v) is 0.917. The zero-order valence-corrected chi connectivity index (χ0v) is 7.57. The molecule has 0 saturated carbocycles. The molecule has 0 unspecified atom stereocenters. The van der Waals surface area contributed by atoms with Gasteiger partial charge in [0.1, 0.15) is 6.61 Å². The Morgan fingerprint density at radius 1 is 1.47 bits per heavy atom. The number of hydrogen-bond acceptors (Lipinski definition) is 3. The lowest BCUT2D eigenvalue weighted by molar-refractivity contribution is -0.387. The maximum Gasteiger partial charge on any atom is 0.307 e. The Morgan fingerprint density at radius 2 is 2.13 bits per heavy atom. The Hall–Kier alpha value is -1.98. The van der Waals surface area contributed by atoms with E-state index in [1.54, 1.807) is 0 Å². The van der Waals surface area contributed by atoms with Gasteiger partial charge in [0.05, 0.1) is 11.0 Å². The van der Waals surface area contributed by atoms with E-state index in [0.717, 1.165) is 0 Å². The van der Waals surface area contributed by atoms with Crippen LogP contribution in [-0.4, -0.2) is 11.5 Å². The number of ether oxygens (including phenoxy) is 1. The quantitative estimate of drug-likeness (QED) is 0.440. The molecule has 0 amide bonds. The topological polar surface area (TPSA) is 52.4 Å². The average Bonchev–Trinajstić information content (AvgIpc) is 2.18. The number of hydrogen-bond donors (Lipinski definition) is 0. The molecule has 1 aromatic carbocycles. The molecule has 4 nitrogen and oxygen atoms in total. The highest BCUT2D eigenvalue weighted by atomic mass is 19.1. The van der Waals surface area contributed by atoms with Crippen LogP contribution in [0.5, 0.6) is 5.75 Å². The molecule has 0 saturated heterocycles. The molecule has 0 aliphatic carbocycles. The largest absolute Gasteiger partial charge is 0.486 e. The summed E-state index contributed by atoms with van der Waals surface area (Å²) in [5.74, 6) is -2.50. The van der Waals surface area contributed by atoms with Gasteiger partial charge in [0.15, 0.2) is 11.6 Å². The summed E-state index contributed by atoms with van der Waals surface area (Å²) in [5.41, 5.74) is -0.918. The summed E-state index contributed by atoms with van der Waals surface area (Å²) >= 11 is 0. The molecule has 0 bridgehead atoms. The predicted octanol–water partition coefficient (Wildman–Crippen LogP) is 2.44. The van der Waals surface area contributed by atoms with Gasteiger partial charge in [-0.15, -0.1) is 0 Å². The van der Waals surface area contributed by atoms with Gasteiger partial charge in [-0.05, 0) is 0 Å². The second-order valence-corrected chi connectivity index (χ2v) is 2.59. The van der Waals surface area contributed by atoms with E-state index < -0.39 is 22.2 Å². The monoisotopic (exact) mass is 215 g/mol. The van der Waals surface area contributed by atoms with Crippen molar-refractivity contribution in [3.05, 3.63) is 46.5 Å². The number of nitrogens with zero attached hydrogens (tertiary/aromatic N) is 1. The van der Waals surface area contributed by atoms with Crippen LogP contribution in [0.3, 0.4) is 0 Å². The van der Waals surface area contributed by atoms with E-state index >= 15 is 0 Å². The lowest BCUT2D eigenvalue weighted by Crippen LogP contribution is -1.99. The molecule has 80 valence electrons. The van der Waals surface area contributed by atoms with Gasteiger partial charge in [0.2, 0.25) is 5.82 Å². The van der Waals surface area contributed by atoms with Crippen molar-refractivity contribution in [2.75, 3.05) is 6.61 Å². The van der Waals surface area contributed by atoms with Gasteiger partial charge in [0.25, 0.3) is 0 Å². The normalized spacial score (nSPS) is 9.73. The number of benzene rings is 1. The second kappa shape index (κ2) is 4.50. The smallest absolute Gasteiger partial charge is 0.307 e. The number of nitro benzene ring substituents is 1. The summed E-state index contributed by atoms with van der Waals surface area (Å²) in [5, 5.41) is 10.2. The van der Waals surface area contributed by atoms with Gasteiger partial charge in [-0.25, -0.2) is 4.39 Å². The zero-order chi connectivity index (χ0) is 11.4. The Kier molecular flexibility index (Phi) is 3.33. The molecule has 1 aromatic rings. The van der Waals surface area contributed by atoms with Crippen LogP contribution in [0.1, 0.15) is 0 Å². The SMILES string of the molecule is C=CCOc1cc(F)c([N+](=O)[O-])cc1F. The first-order valence-electron chi connectivity index (χ1n) is 3.93. The molecule has 0 aromatic heterocycles. The number of halogens is 2. The Morgan fingerprint density at radius 3 is 2.67 bits per heavy atom. The molecule has 0 heterocycles. The van der Waals surface area contributed by atoms with Gasteiger partial charge in [-0.1, -0.05) is 12.7 Å². The van der Waals surface area contributed by atoms with Crippen molar-refractivity contribution >= 4 is 5.69 Å². The minimum atomic E-state index is -1.14. The maximum absolute atomic E-state index is 13.1. The van der Waals surface area contributed by atoms with Crippen LogP contribution in [-0.2, 0) is 0 Å². The minimum Gasteiger partial charge on any atom is -0.486 e. The van der Waals surface area contributed by atoms with Crippen LogP contribution in [0.25, 0.3) is 0 Å². The van der Waals surface area contributed by atoms with Crippen LogP contribution < -0.4 is 4.74 Å². The van der Waals surface area contributed by atoms with Crippen LogP contribution in [0.2, 0.25) is 0 Å². The molecule has 0 aliphatic rings. The van der Waals surface area contributed by atoms with E-state index in [2.05, 4.69) is 6.58 Å². The summed E-state index contributed by atoms with van der Waals surface area (Å²) in [6.07, 6.45) is 1.35. The van der Waals surface area contributed by atoms with Gasteiger partial charge in [-0.2, -0.15) is 4.39 Å². The van der Waals surface area contributed by atoms with E-state index in [-0.39, 0.29) is 12.4 Å². The third-order valence-electron chi connectivity index (χ3n) is 1.55. The fraction of sp³-hybridized carbons (Fsp3) is 0.111. The maximum atomic E-state index is 13.1. The molecule has 0 atom stereocenters. The van der Waals surface area contributed by atoms with E-state index in [1.165, 1.54) is 6.08 Å². The summed E-state index contributed by atoms with van der Waals surface area (Å²) in [4.78, 5) is 9.24. The fourth-order valence-electron chi connectivity index (χ4n) is 0.917. The molecular formula is C9H7F2NO3. The first kappa shape index (κ1) is 11.1. The summed E-state index contributed by atoms with van der Waals surface area (Å²) in [6, 6.07) is 1.12. The molecule has 0 N–H and O–H groups in total. The van der Waals surface area contributed by atoms with E-state index in [9.17, 15) is 18.9 Å². The third kappa shape index (κ3) is 2.49. The number of rotatable bonds is 4. The Balaban J connectivity index is 3.07. The highest BCUT2D eigenvalue weighted by Crippen LogP contribution is 2.26. The van der Waals surface area contributed by atoms with Crippen molar-refractivity contribution in [2.45, 2.75) is 0 Å². The molecule has 15 heavy (non-hydrogen) atoms. The van der Waals surface area contributed by atoms with Crippen molar-refractivity contribution < 1.29 is 18.4 Å². The number of nitro groups is 1. The van der Waals surface area contributed by atoms with Crippen molar-refractivity contribution in [1.82, 2.24) is 0 Å². The van der Waals surface area contributed by atoms with Gasteiger partial charge in [0, 0.05) is 6.07 Å². The lowest BCUT2D eigenvalue weighted by Gasteiger charge is -2.04. The molecule has 0 spiro atoms. The summed E-state index contributed by atoms with van der Waals surface area (Å²) in [6.45, 7) is 3.32. The van der Waals surface area contributed by atoms with Crippen molar-refractivity contribution in [1.29, 1.82) is 0 Å². The standard InChI is InChI=1S/C9H7F2NO3/c1-2-3-15-9-5-6(10)8(12(13)14)4-7(9)11/h2,4-5H,1,3H2. The first-order chi connectivity index (χ1) is 7.06. The van der Waals surface area contributed by atoms with Crippen LogP contribution in [0, 0.1) is 21.7 Å². The molecule has 0 fully saturated rings. The van der Waals surface area contributed by atoms with Crippen molar-refractivity contribution in [3.8, 4) is 5.75 Å². The lowest BCUT2D eigenvalue weighted by atomic mass is 10.3. The molecule has 6 heteroatoms. The first-order valence-corrected chi connectivity index (χ1v) is 3.93. The average molecular weight is 215 g/mol. The summed E-state index contributed by atoms with van der Waals surface area (Å²) in [7, 11) is 0. The van der Waals surface area contributed by atoms with Crippen molar-refractivity contribution in [2.24, 2.45) is 0 Å². The predicted molar refractivity (Wildman–Crippen MR) is 48.7 cm³/mol. The highest BCUT2D eigenvalue weighted by molar-refractivity contribution is 5.39. The Bertz CT molecular complexity index is 407. The van der Waals surface area contributed by atoms with Crippen molar-refractivity contribution in [3.63, 3.8) is 0 Å². The van der Waals surface area contributed by atoms with Crippen LogP contribution in [0.15, 0.2) is 24.8 Å². The minimum absolute atomic E-state index is 0.00578. The highest BCUT2D eigenvalue weighted by Gasteiger charge is 2.18. The van der Waals surface area contributed by atoms with Crippen LogP contribution in [0.4, 0.5) is 14.5 Å². The molecule has 1 rings (SSSR count). The molecule has 0 radical (unpaired) electrons. The van der Waals surface area contributed by atoms with Crippen LogP contribution >= 0.6 is 0 Å². The molecule has 0 aliphatic heterocycles. The van der Waals surface area contributed by atoms with Gasteiger partial charge >= 0.3 is 5.69 Å².